The summed E-state index contributed by atoms with van der Waals surface area (Å²) < 4.78 is 0. The summed E-state index contributed by atoms with van der Waals surface area (Å²) in [4.78, 5) is 22.8. The fraction of sp³-hybridized carbons (Fsp3) is 0.385. The molecule has 0 fully saturated rings. The Labute approximate surface area is 111 Å². The molecule has 1 atom stereocenters. The van der Waals surface area contributed by atoms with Crippen LogP contribution in [0.4, 0.5) is 0 Å². The van der Waals surface area contributed by atoms with E-state index in [4.69, 9.17) is 5.11 Å². The molecular weight excluding hydrogens is 250 g/mol. The van der Waals surface area contributed by atoms with Gasteiger partial charge in [-0.1, -0.05) is 6.92 Å². The van der Waals surface area contributed by atoms with E-state index in [-0.39, 0.29) is 11.5 Å². The van der Waals surface area contributed by atoms with Crippen molar-refractivity contribution < 1.29 is 14.7 Å². The normalized spacial score (nSPS) is 11.9. The first-order valence-corrected chi connectivity index (χ1v) is 6.88. The largest absolute Gasteiger partial charge is 0.478 e. The molecule has 1 aromatic rings. The van der Waals surface area contributed by atoms with Crippen molar-refractivity contribution in [2.24, 2.45) is 0 Å². The maximum Gasteiger partial charge on any atom is 0.335 e. The second kappa shape index (κ2) is 6.44. The predicted octanol–water partition coefficient (Wildman–Crippen LogP) is 2.17. The van der Waals surface area contributed by atoms with Gasteiger partial charge in [0.05, 0.1) is 5.56 Å². The van der Waals surface area contributed by atoms with Crippen molar-refractivity contribution in [2.75, 3.05) is 12.8 Å². The molecule has 18 heavy (non-hydrogen) atoms. The van der Waals surface area contributed by atoms with Crippen molar-refractivity contribution in [3.63, 3.8) is 0 Å². The number of benzene rings is 1. The molecule has 0 aliphatic heterocycles. The van der Waals surface area contributed by atoms with Crippen LogP contribution in [-0.4, -0.2) is 35.0 Å². The highest BCUT2D eigenvalue weighted by atomic mass is 32.2. The van der Waals surface area contributed by atoms with E-state index in [9.17, 15) is 9.59 Å². The van der Waals surface area contributed by atoms with Gasteiger partial charge < -0.3 is 10.4 Å². The van der Waals surface area contributed by atoms with Gasteiger partial charge in [-0.25, -0.2) is 4.79 Å². The van der Waals surface area contributed by atoms with Gasteiger partial charge in [0, 0.05) is 17.4 Å². The first-order chi connectivity index (χ1) is 8.43. The van der Waals surface area contributed by atoms with E-state index in [2.05, 4.69) is 5.32 Å². The number of aromatic carboxylic acids is 1. The Kier molecular flexibility index (Phi) is 5.22. The van der Waals surface area contributed by atoms with Crippen LogP contribution in [0.2, 0.25) is 0 Å². The summed E-state index contributed by atoms with van der Waals surface area (Å²) in [5.74, 6) is -1.26. The zero-order valence-electron chi connectivity index (χ0n) is 10.7. The Morgan fingerprint density at radius 2 is 1.94 bits per heavy atom. The van der Waals surface area contributed by atoms with Gasteiger partial charge in [0.15, 0.2) is 0 Å². The van der Waals surface area contributed by atoms with Crippen LogP contribution >= 0.6 is 11.8 Å². The lowest BCUT2D eigenvalue weighted by molar-refractivity contribution is 0.0696. The quantitative estimate of drug-likeness (QED) is 0.858. The summed E-state index contributed by atoms with van der Waals surface area (Å²) in [5, 5.41) is 12.1. The maximum atomic E-state index is 11.9. The van der Waals surface area contributed by atoms with Crippen LogP contribution in [0.5, 0.6) is 0 Å². The molecule has 0 aromatic heterocycles. The zero-order valence-corrected chi connectivity index (χ0v) is 11.5. The smallest absolute Gasteiger partial charge is 0.335 e. The SMILES string of the molecule is CSC(C)CNC(=O)c1cc(C)cc(C(=O)O)c1. The van der Waals surface area contributed by atoms with Crippen LogP contribution in [0.1, 0.15) is 33.2 Å². The van der Waals surface area contributed by atoms with Gasteiger partial charge in [0.25, 0.3) is 5.91 Å². The Morgan fingerprint density at radius 3 is 2.50 bits per heavy atom. The molecule has 0 radical (unpaired) electrons. The highest BCUT2D eigenvalue weighted by molar-refractivity contribution is 7.99. The molecule has 98 valence electrons. The first-order valence-electron chi connectivity index (χ1n) is 5.60. The monoisotopic (exact) mass is 267 g/mol. The van der Waals surface area contributed by atoms with Crippen molar-refractivity contribution in [3.05, 3.63) is 34.9 Å². The predicted molar refractivity (Wildman–Crippen MR) is 73.4 cm³/mol. The minimum Gasteiger partial charge on any atom is -0.478 e. The van der Waals surface area contributed by atoms with E-state index in [1.807, 2.05) is 13.2 Å². The maximum absolute atomic E-state index is 11.9. The first kappa shape index (κ1) is 14.6. The molecule has 1 rings (SSSR count). The number of carboxylic acids is 1. The number of amides is 1. The van der Waals surface area contributed by atoms with E-state index in [0.717, 1.165) is 5.56 Å². The van der Waals surface area contributed by atoms with E-state index in [0.29, 0.717) is 17.4 Å². The van der Waals surface area contributed by atoms with Crippen molar-refractivity contribution in [1.82, 2.24) is 5.32 Å². The Hall–Kier alpha value is -1.49. The standard InChI is InChI=1S/C13H17NO3S/c1-8-4-10(6-11(5-8)13(16)17)12(15)14-7-9(2)18-3/h4-6,9H,7H2,1-3H3,(H,14,15)(H,16,17). The molecule has 0 saturated heterocycles. The fourth-order valence-electron chi connectivity index (χ4n) is 1.46. The molecule has 5 heteroatoms. The Balaban J connectivity index is 2.82. The van der Waals surface area contributed by atoms with Crippen molar-refractivity contribution in [3.8, 4) is 0 Å². The molecule has 0 spiro atoms. The molecule has 2 N–H and O–H groups in total. The average molecular weight is 267 g/mol. The Bertz CT molecular complexity index is 460. The van der Waals surface area contributed by atoms with Gasteiger partial charge in [0.1, 0.15) is 0 Å². The molecule has 0 saturated carbocycles. The third-order valence-electron chi connectivity index (χ3n) is 2.54. The number of aryl methyl sites for hydroxylation is 1. The van der Waals surface area contributed by atoms with Gasteiger partial charge in [-0.3, -0.25) is 4.79 Å². The van der Waals surface area contributed by atoms with Crippen LogP contribution in [-0.2, 0) is 0 Å². The lowest BCUT2D eigenvalue weighted by Gasteiger charge is -2.10. The van der Waals surface area contributed by atoms with Crippen LogP contribution in [0.25, 0.3) is 0 Å². The number of carbonyl (C=O) groups excluding carboxylic acids is 1. The number of carboxylic acid groups (broad SMARTS) is 1. The summed E-state index contributed by atoms with van der Waals surface area (Å²) >= 11 is 1.66. The summed E-state index contributed by atoms with van der Waals surface area (Å²) in [6.07, 6.45) is 1.98. The molecule has 1 aromatic carbocycles. The van der Waals surface area contributed by atoms with Crippen LogP contribution < -0.4 is 5.32 Å². The molecular formula is C13H17NO3S. The topological polar surface area (TPSA) is 66.4 Å². The summed E-state index contributed by atoms with van der Waals surface area (Å²) in [6.45, 7) is 4.36. The lowest BCUT2D eigenvalue weighted by atomic mass is 10.1. The van der Waals surface area contributed by atoms with Gasteiger partial charge in [-0.2, -0.15) is 11.8 Å². The minimum atomic E-state index is -1.02. The highest BCUT2D eigenvalue weighted by Crippen LogP contribution is 2.10. The van der Waals surface area contributed by atoms with E-state index < -0.39 is 5.97 Å². The number of rotatable bonds is 5. The number of hydrogen-bond acceptors (Lipinski definition) is 3. The summed E-state index contributed by atoms with van der Waals surface area (Å²) in [7, 11) is 0. The number of thioether (sulfide) groups is 1. The van der Waals surface area contributed by atoms with Crippen LogP contribution in [0.15, 0.2) is 18.2 Å². The van der Waals surface area contributed by atoms with E-state index in [1.165, 1.54) is 6.07 Å². The molecule has 0 bridgehead atoms. The van der Waals surface area contributed by atoms with Gasteiger partial charge in [0.2, 0.25) is 0 Å². The van der Waals surface area contributed by atoms with Crippen molar-refractivity contribution in [1.29, 1.82) is 0 Å². The molecule has 4 nitrogen and oxygen atoms in total. The summed E-state index contributed by atoms with van der Waals surface area (Å²) in [5.41, 5.74) is 1.29. The van der Waals surface area contributed by atoms with Gasteiger partial charge >= 0.3 is 5.97 Å². The molecule has 1 unspecified atom stereocenters. The second-order valence-corrected chi connectivity index (χ2v) is 5.43. The zero-order chi connectivity index (χ0) is 13.7. The van der Waals surface area contributed by atoms with E-state index >= 15 is 0 Å². The minimum absolute atomic E-state index is 0.137. The average Bonchev–Trinajstić information content (AvgIpc) is 2.34. The third kappa shape index (κ3) is 4.07. The molecule has 0 aliphatic rings. The van der Waals surface area contributed by atoms with Crippen molar-refractivity contribution >= 4 is 23.6 Å². The number of nitrogens with one attached hydrogen (secondary N) is 1. The van der Waals surface area contributed by atoms with Crippen LogP contribution in [0, 0.1) is 6.92 Å². The third-order valence-corrected chi connectivity index (χ3v) is 3.51. The second-order valence-electron chi connectivity index (χ2n) is 4.15. The van der Waals surface area contributed by atoms with Gasteiger partial charge in [-0.05, 0) is 36.9 Å². The molecule has 0 heterocycles. The van der Waals surface area contributed by atoms with Crippen molar-refractivity contribution in [2.45, 2.75) is 19.1 Å². The lowest BCUT2D eigenvalue weighted by Crippen LogP contribution is -2.29. The highest BCUT2D eigenvalue weighted by Gasteiger charge is 2.11. The van der Waals surface area contributed by atoms with Gasteiger partial charge in [-0.15, -0.1) is 0 Å². The van der Waals surface area contributed by atoms with Crippen LogP contribution in [0.3, 0.4) is 0 Å². The fourth-order valence-corrected chi connectivity index (χ4v) is 1.71. The Morgan fingerprint density at radius 1 is 1.33 bits per heavy atom. The number of hydrogen-bond donors (Lipinski definition) is 2. The van der Waals surface area contributed by atoms with E-state index in [1.54, 1.807) is 30.8 Å². The molecule has 0 aliphatic carbocycles. The molecule has 1 amide bonds. The number of carbonyl (C=O) groups is 2. The summed E-state index contributed by atoms with van der Waals surface area (Å²) in [6, 6.07) is 4.63.